The summed E-state index contributed by atoms with van der Waals surface area (Å²) in [5.41, 5.74) is 0.584. The summed E-state index contributed by atoms with van der Waals surface area (Å²) >= 11 is 0. The zero-order valence-corrected chi connectivity index (χ0v) is 10.8. The molecule has 2 nitrogen and oxygen atoms in total. The molecule has 0 aliphatic heterocycles. The monoisotopic (exact) mass is 260 g/mol. The Kier molecular flexibility index (Phi) is 3.69. The normalized spacial score (nSPS) is 17.4. The van der Waals surface area contributed by atoms with Crippen LogP contribution in [0.5, 0.6) is 0 Å². The van der Waals surface area contributed by atoms with Gasteiger partial charge in [-0.2, -0.15) is 18.3 Å². The smallest absolute Gasteiger partial charge is 0.266 e. The fourth-order valence-electron chi connectivity index (χ4n) is 2.63. The summed E-state index contributed by atoms with van der Waals surface area (Å²) in [6.45, 7) is 3.76. The van der Waals surface area contributed by atoms with Crippen molar-refractivity contribution in [1.82, 2.24) is 9.78 Å². The van der Waals surface area contributed by atoms with Crippen molar-refractivity contribution in [3.8, 4) is 0 Å². The van der Waals surface area contributed by atoms with E-state index in [-0.39, 0.29) is 6.04 Å². The number of nitrogens with zero attached hydrogens (tertiary/aromatic N) is 2. The second-order valence-electron chi connectivity index (χ2n) is 5.22. The molecule has 1 aromatic rings. The van der Waals surface area contributed by atoms with Crippen molar-refractivity contribution in [2.24, 2.45) is 0 Å². The molecule has 0 amide bonds. The van der Waals surface area contributed by atoms with Crippen molar-refractivity contribution in [2.75, 3.05) is 0 Å². The zero-order valence-electron chi connectivity index (χ0n) is 10.8. The number of rotatable bonds is 1. The average molecular weight is 260 g/mol. The minimum Gasteiger partial charge on any atom is -0.266 e. The highest BCUT2D eigenvalue weighted by atomic mass is 19.4. The number of alkyl halides is 3. The van der Waals surface area contributed by atoms with Crippen molar-refractivity contribution < 1.29 is 13.2 Å². The Balaban J connectivity index is 2.51. The first kappa shape index (κ1) is 13.4. The maximum absolute atomic E-state index is 13.0. The minimum atomic E-state index is -4.33. The van der Waals surface area contributed by atoms with Gasteiger partial charge in [0.25, 0.3) is 0 Å². The summed E-state index contributed by atoms with van der Waals surface area (Å²) in [7, 11) is 0. The Labute approximate surface area is 105 Å². The number of aromatic nitrogens is 2. The third kappa shape index (κ3) is 2.54. The molecule has 0 aromatic carbocycles. The first-order valence-electron chi connectivity index (χ1n) is 6.58. The van der Waals surface area contributed by atoms with Crippen LogP contribution in [0.2, 0.25) is 0 Å². The van der Waals surface area contributed by atoms with Gasteiger partial charge in [-0.25, -0.2) is 0 Å². The molecule has 0 saturated heterocycles. The predicted molar refractivity (Wildman–Crippen MR) is 63.5 cm³/mol. The van der Waals surface area contributed by atoms with Gasteiger partial charge in [-0.1, -0.05) is 12.8 Å². The molecular formula is C13H19F3N2. The summed E-state index contributed by atoms with van der Waals surface area (Å²) in [5, 5.41) is 3.84. The van der Waals surface area contributed by atoms with Gasteiger partial charge in [-0.05, 0) is 39.5 Å². The highest BCUT2D eigenvalue weighted by molar-refractivity contribution is 5.30. The first-order valence-corrected chi connectivity index (χ1v) is 6.58. The van der Waals surface area contributed by atoms with Gasteiger partial charge >= 0.3 is 6.18 Å². The number of fused-ring (bicyclic) bond motifs is 1. The molecule has 0 radical (unpaired) electrons. The van der Waals surface area contributed by atoms with Crippen molar-refractivity contribution >= 4 is 0 Å². The van der Waals surface area contributed by atoms with Crippen LogP contribution in [0.1, 0.15) is 62.5 Å². The van der Waals surface area contributed by atoms with E-state index in [0.717, 1.165) is 37.8 Å². The van der Waals surface area contributed by atoms with Crippen molar-refractivity contribution in [2.45, 2.75) is 64.6 Å². The quantitative estimate of drug-likeness (QED) is 0.742. The second kappa shape index (κ2) is 4.94. The molecule has 0 unspecified atom stereocenters. The Morgan fingerprint density at radius 1 is 1.06 bits per heavy atom. The van der Waals surface area contributed by atoms with Crippen LogP contribution in [0.25, 0.3) is 0 Å². The topological polar surface area (TPSA) is 17.8 Å². The van der Waals surface area contributed by atoms with Crippen LogP contribution >= 0.6 is 0 Å². The molecule has 0 saturated carbocycles. The van der Waals surface area contributed by atoms with Crippen molar-refractivity contribution in [3.05, 3.63) is 17.0 Å². The molecule has 1 aliphatic carbocycles. The third-order valence-electron chi connectivity index (χ3n) is 3.47. The van der Waals surface area contributed by atoms with E-state index in [2.05, 4.69) is 5.10 Å². The standard InChI is InChI=1S/C13H19F3N2/c1-9(2)18-11-8-6-4-3-5-7-10(11)12(17-18)13(14,15)16/h9H,3-8H2,1-2H3. The molecule has 1 aliphatic rings. The fraction of sp³-hybridized carbons (Fsp3) is 0.769. The number of hydrogen-bond donors (Lipinski definition) is 0. The summed E-state index contributed by atoms with van der Waals surface area (Å²) < 4.78 is 40.6. The van der Waals surface area contributed by atoms with Gasteiger partial charge in [-0.15, -0.1) is 0 Å². The lowest BCUT2D eigenvalue weighted by Gasteiger charge is -2.15. The van der Waals surface area contributed by atoms with Gasteiger partial charge in [0.2, 0.25) is 0 Å². The number of halogens is 3. The predicted octanol–water partition coefficient (Wildman–Crippen LogP) is 4.14. The fourth-order valence-corrected chi connectivity index (χ4v) is 2.63. The summed E-state index contributed by atoms with van der Waals surface area (Å²) in [5.74, 6) is 0. The summed E-state index contributed by atoms with van der Waals surface area (Å²) in [6, 6.07) is -0.0192. The van der Waals surface area contributed by atoms with Gasteiger partial charge in [0.15, 0.2) is 5.69 Å². The summed E-state index contributed by atoms with van der Waals surface area (Å²) in [6.07, 6.45) is 0.813. The minimum absolute atomic E-state index is 0.0192. The second-order valence-corrected chi connectivity index (χ2v) is 5.22. The Bertz CT molecular complexity index is 419. The van der Waals surface area contributed by atoms with Gasteiger partial charge in [0, 0.05) is 17.3 Å². The van der Waals surface area contributed by atoms with E-state index < -0.39 is 11.9 Å². The molecule has 2 rings (SSSR count). The van der Waals surface area contributed by atoms with Crippen molar-refractivity contribution in [3.63, 3.8) is 0 Å². The lowest BCUT2D eigenvalue weighted by molar-refractivity contribution is -0.142. The van der Waals surface area contributed by atoms with E-state index in [1.54, 1.807) is 4.68 Å². The molecule has 0 fully saturated rings. The molecule has 1 aromatic heterocycles. The molecular weight excluding hydrogens is 241 g/mol. The Morgan fingerprint density at radius 3 is 2.22 bits per heavy atom. The van der Waals surface area contributed by atoms with E-state index in [4.69, 9.17) is 0 Å². The van der Waals surface area contributed by atoms with E-state index in [1.165, 1.54) is 0 Å². The zero-order chi connectivity index (χ0) is 13.3. The van der Waals surface area contributed by atoms with Crippen LogP contribution in [-0.2, 0) is 19.0 Å². The summed E-state index contributed by atoms with van der Waals surface area (Å²) in [4.78, 5) is 0. The van der Waals surface area contributed by atoms with Crippen LogP contribution in [0.3, 0.4) is 0 Å². The van der Waals surface area contributed by atoms with E-state index in [1.807, 2.05) is 13.8 Å². The van der Waals surface area contributed by atoms with Crippen LogP contribution in [-0.4, -0.2) is 9.78 Å². The molecule has 1 heterocycles. The molecule has 5 heteroatoms. The SMILES string of the molecule is CC(C)n1nc(C(F)(F)F)c2c1CCCCCC2. The molecule has 0 N–H and O–H groups in total. The molecule has 0 atom stereocenters. The maximum Gasteiger partial charge on any atom is 0.435 e. The lowest BCUT2D eigenvalue weighted by Crippen LogP contribution is -2.10. The van der Waals surface area contributed by atoms with E-state index in [0.29, 0.717) is 12.0 Å². The van der Waals surface area contributed by atoms with Gasteiger partial charge < -0.3 is 0 Å². The average Bonchev–Trinajstić information content (AvgIpc) is 2.55. The highest BCUT2D eigenvalue weighted by Gasteiger charge is 2.39. The van der Waals surface area contributed by atoms with Gasteiger partial charge in [0.1, 0.15) is 0 Å². The number of hydrogen-bond acceptors (Lipinski definition) is 1. The van der Waals surface area contributed by atoms with Gasteiger partial charge in [-0.3, -0.25) is 4.68 Å². The molecule has 0 bridgehead atoms. The van der Waals surface area contributed by atoms with Gasteiger partial charge in [0.05, 0.1) is 0 Å². The van der Waals surface area contributed by atoms with Crippen LogP contribution < -0.4 is 0 Å². The third-order valence-corrected chi connectivity index (χ3v) is 3.47. The maximum atomic E-state index is 13.0. The first-order chi connectivity index (χ1) is 8.41. The van der Waals surface area contributed by atoms with Crippen LogP contribution in [0, 0.1) is 0 Å². The lowest BCUT2D eigenvalue weighted by atomic mass is 9.96. The Morgan fingerprint density at radius 2 is 1.67 bits per heavy atom. The molecule has 0 spiro atoms. The van der Waals surface area contributed by atoms with E-state index in [9.17, 15) is 13.2 Å². The molecule has 18 heavy (non-hydrogen) atoms. The van der Waals surface area contributed by atoms with Crippen molar-refractivity contribution in [1.29, 1.82) is 0 Å². The Hall–Kier alpha value is -1.00. The highest BCUT2D eigenvalue weighted by Crippen LogP contribution is 2.35. The van der Waals surface area contributed by atoms with Crippen LogP contribution in [0.15, 0.2) is 0 Å². The van der Waals surface area contributed by atoms with Crippen LogP contribution in [0.4, 0.5) is 13.2 Å². The van der Waals surface area contributed by atoms with E-state index >= 15 is 0 Å². The molecule has 102 valence electrons. The largest absolute Gasteiger partial charge is 0.435 e.